The molecule has 0 amide bonds. The average Bonchev–Trinajstić information content (AvgIpc) is 2.16. The Morgan fingerprint density at radius 1 is 1.27 bits per heavy atom. The maximum absolute atomic E-state index is 13.3. The van der Waals surface area contributed by atoms with E-state index in [-0.39, 0.29) is 11.3 Å². The summed E-state index contributed by atoms with van der Waals surface area (Å²) in [5.41, 5.74) is -1.02. The fourth-order valence-corrected chi connectivity index (χ4v) is 3.07. The Morgan fingerprint density at radius 2 is 1.87 bits per heavy atom. The van der Waals surface area contributed by atoms with E-state index in [1.807, 2.05) is 0 Å². The summed E-state index contributed by atoms with van der Waals surface area (Å²) in [7, 11) is 1.68. The highest BCUT2D eigenvalue weighted by atomic mass is 19.3. The van der Waals surface area contributed by atoms with E-state index in [1.165, 1.54) is 0 Å². The van der Waals surface area contributed by atoms with E-state index in [0.29, 0.717) is 6.42 Å². The highest BCUT2D eigenvalue weighted by molar-refractivity contribution is 5.02. The van der Waals surface area contributed by atoms with Crippen molar-refractivity contribution in [2.45, 2.75) is 58.4 Å². The number of hydrogen-bond donors (Lipinski definition) is 1. The first kappa shape index (κ1) is 12.9. The Labute approximate surface area is 91.6 Å². The molecule has 0 spiro atoms. The first-order valence-electron chi connectivity index (χ1n) is 5.81. The topological polar surface area (TPSA) is 12.0 Å². The molecule has 0 radical (unpaired) electrons. The van der Waals surface area contributed by atoms with Crippen LogP contribution >= 0.6 is 0 Å². The van der Waals surface area contributed by atoms with Crippen LogP contribution in [0, 0.1) is 11.3 Å². The van der Waals surface area contributed by atoms with Gasteiger partial charge < -0.3 is 5.32 Å². The molecule has 0 saturated heterocycles. The van der Waals surface area contributed by atoms with Crippen LogP contribution in [0.2, 0.25) is 0 Å². The van der Waals surface area contributed by atoms with Crippen molar-refractivity contribution in [1.29, 1.82) is 0 Å². The zero-order chi connectivity index (χ0) is 11.7. The lowest BCUT2D eigenvalue weighted by atomic mass is 9.62. The Hall–Kier alpha value is -0.180. The second kappa shape index (κ2) is 4.36. The van der Waals surface area contributed by atoms with E-state index >= 15 is 0 Å². The summed E-state index contributed by atoms with van der Waals surface area (Å²) in [6.07, 6.45) is 1.24. The van der Waals surface area contributed by atoms with Crippen LogP contribution in [0.15, 0.2) is 0 Å². The second-order valence-electron chi connectivity index (χ2n) is 5.76. The lowest BCUT2D eigenvalue weighted by Gasteiger charge is -2.49. The van der Waals surface area contributed by atoms with Crippen LogP contribution in [0.3, 0.4) is 0 Å². The normalized spacial score (nSPS) is 33.4. The molecular formula is C12H23F2N. The minimum absolute atomic E-state index is 0.0557. The van der Waals surface area contributed by atoms with Gasteiger partial charge in [-0.25, -0.2) is 8.78 Å². The van der Waals surface area contributed by atoms with Crippen molar-refractivity contribution < 1.29 is 8.78 Å². The maximum Gasteiger partial charge on any atom is 0.256 e. The van der Waals surface area contributed by atoms with Gasteiger partial charge in [-0.2, -0.15) is 0 Å². The minimum Gasteiger partial charge on any atom is -0.309 e. The lowest BCUT2D eigenvalue weighted by molar-refractivity contribution is -0.0604. The lowest BCUT2D eigenvalue weighted by Crippen LogP contribution is -2.60. The number of alkyl halides is 2. The quantitative estimate of drug-likeness (QED) is 0.750. The molecular weight excluding hydrogens is 196 g/mol. The largest absolute Gasteiger partial charge is 0.309 e. The summed E-state index contributed by atoms with van der Waals surface area (Å²) < 4.78 is 26.6. The summed E-state index contributed by atoms with van der Waals surface area (Å²) in [6, 6.07) is 0. The van der Waals surface area contributed by atoms with Gasteiger partial charge in [0.1, 0.15) is 0 Å². The molecule has 0 aromatic heterocycles. The van der Waals surface area contributed by atoms with Crippen molar-refractivity contribution >= 4 is 0 Å². The zero-order valence-corrected chi connectivity index (χ0v) is 10.2. The number of halogens is 2. The van der Waals surface area contributed by atoms with Crippen molar-refractivity contribution in [3.8, 4) is 0 Å². The molecule has 90 valence electrons. The Kier molecular flexibility index (Phi) is 3.75. The smallest absolute Gasteiger partial charge is 0.256 e. The molecule has 0 heterocycles. The Balaban J connectivity index is 2.99. The molecule has 2 unspecified atom stereocenters. The molecule has 0 aliphatic heterocycles. The molecule has 0 bridgehead atoms. The van der Waals surface area contributed by atoms with Gasteiger partial charge >= 0.3 is 0 Å². The average molecular weight is 219 g/mol. The highest BCUT2D eigenvalue weighted by Gasteiger charge is 2.50. The molecule has 1 nitrogen and oxygen atoms in total. The first-order chi connectivity index (χ1) is 6.84. The van der Waals surface area contributed by atoms with Crippen LogP contribution < -0.4 is 5.32 Å². The van der Waals surface area contributed by atoms with E-state index in [9.17, 15) is 8.78 Å². The fourth-order valence-electron chi connectivity index (χ4n) is 3.07. The molecule has 15 heavy (non-hydrogen) atoms. The molecule has 1 aliphatic carbocycles. The zero-order valence-electron chi connectivity index (χ0n) is 10.2. The van der Waals surface area contributed by atoms with E-state index in [0.717, 1.165) is 19.3 Å². The van der Waals surface area contributed by atoms with Crippen molar-refractivity contribution in [3.05, 3.63) is 0 Å². The molecule has 1 fully saturated rings. The Bertz CT molecular complexity index is 210. The standard InChI is InChI=1S/C12H23F2N/c1-11(2,3)9-7-5-6-8-12(9,15-4)10(13)14/h9-10,15H,5-8H2,1-4H3. The molecule has 1 rings (SSSR count). The van der Waals surface area contributed by atoms with E-state index in [1.54, 1.807) is 7.05 Å². The number of nitrogens with one attached hydrogen (secondary N) is 1. The molecule has 3 heteroatoms. The summed E-state index contributed by atoms with van der Waals surface area (Å²) in [5, 5.41) is 2.92. The number of rotatable bonds is 2. The van der Waals surface area contributed by atoms with Gasteiger partial charge in [0.15, 0.2) is 0 Å². The fraction of sp³-hybridized carbons (Fsp3) is 1.00. The monoisotopic (exact) mass is 219 g/mol. The van der Waals surface area contributed by atoms with Gasteiger partial charge in [0.2, 0.25) is 0 Å². The number of hydrogen-bond acceptors (Lipinski definition) is 1. The third kappa shape index (κ3) is 2.32. The third-order valence-corrected chi connectivity index (χ3v) is 3.86. The van der Waals surface area contributed by atoms with Crippen molar-refractivity contribution in [1.82, 2.24) is 5.32 Å². The van der Waals surface area contributed by atoms with Crippen LogP contribution in [0.1, 0.15) is 46.5 Å². The van der Waals surface area contributed by atoms with Crippen LogP contribution in [0.5, 0.6) is 0 Å². The molecule has 1 N–H and O–H groups in total. The SMILES string of the molecule is CNC1(C(F)F)CCCCC1C(C)(C)C. The van der Waals surface area contributed by atoms with Gasteiger partial charge in [0.25, 0.3) is 6.43 Å². The van der Waals surface area contributed by atoms with Crippen molar-refractivity contribution in [3.63, 3.8) is 0 Å². The van der Waals surface area contributed by atoms with Gasteiger partial charge in [0, 0.05) is 0 Å². The van der Waals surface area contributed by atoms with Gasteiger partial charge in [-0.1, -0.05) is 33.6 Å². The van der Waals surface area contributed by atoms with Crippen LogP contribution in [0.25, 0.3) is 0 Å². The third-order valence-electron chi connectivity index (χ3n) is 3.86. The predicted octanol–water partition coefficient (Wildman–Crippen LogP) is 3.45. The van der Waals surface area contributed by atoms with E-state index in [4.69, 9.17) is 0 Å². The van der Waals surface area contributed by atoms with Crippen molar-refractivity contribution in [2.75, 3.05) is 7.05 Å². The van der Waals surface area contributed by atoms with Gasteiger partial charge in [-0.15, -0.1) is 0 Å². The summed E-state index contributed by atoms with van der Waals surface area (Å²) >= 11 is 0. The molecule has 0 aromatic rings. The van der Waals surface area contributed by atoms with Crippen LogP contribution in [-0.2, 0) is 0 Å². The van der Waals surface area contributed by atoms with Gasteiger partial charge in [-0.05, 0) is 31.2 Å². The molecule has 1 saturated carbocycles. The first-order valence-corrected chi connectivity index (χ1v) is 5.81. The van der Waals surface area contributed by atoms with Crippen LogP contribution in [0.4, 0.5) is 8.78 Å². The molecule has 0 aromatic carbocycles. The van der Waals surface area contributed by atoms with Crippen LogP contribution in [-0.4, -0.2) is 19.0 Å². The second-order valence-corrected chi connectivity index (χ2v) is 5.76. The minimum atomic E-state index is -2.27. The summed E-state index contributed by atoms with van der Waals surface area (Å²) in [5.74, 6) is 0.0590. The summed E-state index contributed by atoms with van der Waals surface area (Å²) in [6.45, 7) is 6.20. The van der Waals surface area contributed by atoms with Gasteiger partial charge in [0.05, 0.1) is 5.54 Å². The molecule has 2 atom stereocenters. The maximum atomic E-state index is 13.3. The summed E-state index contributed by atoms with van der Waals surface area (Å²) in [4.78, 5) is 0. The van der Waals surface area contributed by atoms with Crippen molar-refractivity contribution in [2.24, 2.45) is 11.3 Å². The predicted molar refractivity (Wildman–Crippen MR) is 59.2 cm³/mol. The van der Waals surface area contributed by atoms with E-state index < -0.39 is 12.0 Å². The molecule has 1 aliphatic rings. The van der Waals surface area contributed by atoms with E-state index in [2.05, 4.69) is 26.1 Å². The van der Waals surface area contributed by atoms with Gasteiger partial charge in [-0.3, -0.25) is 0 Å². The highest BCUT2D eigenvalue weighted by Crippen LogP contribution is 2.46. The Morgan fingerprint density at radius 3 is 2.20 bits per heavy atom.